The topological polar surface area (TPSA) is 104 Å². The van der Waals surface area contributed by atoms with Gasteiger partial charge in [0.2, 0.25) is 11.0 Å². The van der Waals surface area contributed by atoms with Crippen LogP contribution in [0.2, 0.25) is 0 Å². The lowest BCUT2D eigenvalue weighted by Gasteiger charge is -2.15. The molecular formula is C26H21N5O3S. The van der Waals surface area contributed by atoms with Crippen molar-refractivity contribution in [2.45, 2.75) is 12.3 Å². The van der Waals surface area contributed by atoms with Gasteiger partial charge in [-0.15, -0.1) is 10.2 Å². The molecule has 9 heteroatoms. The molecule has 1 aliphatic rings. The molecule has 3 aromatic carbocycles. The predicted octanol–water partition coefficient (Wildman–Crippen LogP) is 4.56. The summed E-state index contributed by atoms with van der Waals surface area (Å²) in [5.74, 6) is -0.664. The Labute approximate surface area is 205 Å². The molecule has 174 valence electrons. The molecule has 0 aliphatic carbocycles. The first-order valence-corrected chi connectivity index (χ1v) is 11.8. The van der Waals surface area contributed by atoms with Gasteiger partial charge < -0.3 is 10.2 Å². The third-order valence-electron chi connectivity index (χ3n) is 5.62. The molecule has 5 rings (SSSR count). The molecule has 35 heavy (non-hydrogen) atoms. The number of hydrogen-bond acceptors (Lipinski definition) is 6. The largest absolute Gasteiger partial charge is 0.322 e. The third-order valence-corrected chi connectivity index (χ3v) is 6.62. The fourth-order valence-corrected chi connectivity index (χ4v) is 4.71. The maximum Gasteiger partial charge on any atom is 0.257 e. The van der Waals surface area contributed by atoms with Crippen molar-refractivity contribution in [1.82, 2.24) is 10.2 Å². The van der Waals surface area contributed by atoms with Crippen molar-refractivity contribution < 1.29 is 14.4 Å². The van der Waals surface area contributed by atoms with Crippen LogP contribution in [0.3, 0.4) is 0 Å². The Morgan fingerprint density at radius 2 is 1.51 bits per heavy atom. The Morgan fingerprint density at radius 1 is 0.829 bits per heavy atom. The van der Waals surface area contributed by atoms with Gasteiger partial charge in [0, 0.05) is 41.4 Å². The number of nitrogens with zero attached hydrogens (tertiary/aromatic N) is 3. The van der Waals surface area contributed by atoms with Crippen LogP contribution in [-0.2, 0) is 4.79 Å². The molecule has 1 atom stereocenters. The molecule has 2 heterocycles. The minimum atomic E-state index is -0.364. The van der Waals surface area contributed by atoms with Crippen LogP contribution >= 0.6 is 11.3 Å². The van der Waals surface area contributed by atoms with Crippen molar-refractivity contribution in [3.8, 4) is 0 Å². The number of hydrogen-bond donors (Lipinski definition) is 2. The van der Waals surface area contributed by atoms with E-state index in [1.165, 1.54) is 11.3 Å². The first-order valence-electron chi connectivity index (χ1n) is 11.0. The van der Waals surface area contributed by atoms with Crippen molar-refractivity contribution in [3.63, 3.8) is 0 Å². The highest BCUT2D eigenvalue weighted by Gasteiger charge is 2.33. The molecule has 3 amide bonds. The lowest BCUT2D eigenvalue weighted by Crippen LogP contribution is -2.24. The summed E-state index contributed by atoms with van der Waals surface area (Å²) in [4.78, 5) is 39.4. The Kier molecular flexibility index (Phi) is 6.32. The lowest BCUT2D eigenvalue weighted by molar-refractivity contribution is -0.117. The predicted molar refractivity (Wildman–Crippen MR) is 135 cm³/mol. The maximum absolute atomic E-state index is 12.8. The van der Waals surface area contributed by atoms with Crippen LogP contribution < -0.4 is 15.5 Å². The standard InChI is InChI=1S/C26H21N5O3S/c32-22-15-19(16-31(22)21-12-5-2-6-13-21)25-29-30-26(35-25)28-24(34)18-10-7-11-20(14-18)27-23(33)17-8-3-1-4-9-17/h1-14,19H,15-16H2,(H,27,33)(H,28,30,34). The Morgan fingerprint density at radius 3 is 2.29 bits per heavy atom. The summed E-state index contributed by atoms with van der Waals surface area (Å²) in [6.07, 6.45) is 0.348. The summed E-state index contributed by atoms with van der Waals surface area (Å²) < 4.78 is 0. The minimum absolute atomic E-state index is 0.0383. The fraction of sp³-hybridized carbons (Fsp3) is 0.115. The molecule has 1 unspecified atom stereocenters. The molecule has 1 fully saturated rings. The van der Waals surface area contributed by atoms with E-state index in [1.807, 2.05) is 36.4 Å². The van der Waals surface area contributed by atoms with Crippen LogP contribution in [0.4, 0.5) is 16.5 Å². The average molecular weight is 484 g/mol. The van der Waals surface area contributed by atoms with E-state index in [-0.39, 0.29) is 23.6 Å². The van der Waals surface area contributed by atoms with Crippen LogP contribution in [0.5, 0.6) is 0 Å². The summed E-state index contributed by atoms with van der Waals surface area (Å²) in [6.45, 7) is 0.522. The van der Waals surface area contributed by atoms with Crippen LogP contribution in [0.1, 0.15) is 38.1 Å². The Balaban J connectivity index is 1.23. The van der Waals surface area contributed by atoms with E-state index < -0.39 is 0 Å². The summed E-state index contributed by atoms with van der Waals surface area (Å²) >= 11 is 1.26. The second kappa shape index (κ2) is 9.86. The van der Waals surface area contributed by atoms with E-state index >= 15 is 0 Å². The normalized spacial score (nSPS) is 15.1. The van der Waals surface area contributed by atoms with Gasteiger partial charge in [0.05, 0.1) is 0 Å². The lowest BCUT2D eigenvalue weighted by atomic mass is 10.1. The highest BCUT2D eigenvalue weighted by atomic mass is 32.1. The molecule has 4 aromatic rings. The smallest absolute Gasteiger partial charge is 0.257 e. The summed E-state index contributed by atoms with van der Waals surface area (Å²) in [7, 11) is 0. The molecule has 8 nitrogen and oxygen atoms in total. The molecule has 0 saturated carbocycles. The fourth-order valence-electron chi connectivity index (χ4n) is 3.88. The van der Waals surface area contributed by atoms with E-state index in [0.717, 1.165) is 5.69 Å². The second-order valence-corrected chi connectivity index (χ2v) is 9.05. The summed E-state index contributed by atoms with van der Waals surface area (Å²) in [5.41, 5.74) is 2.27. The zero-order chi connectivity index (χ0) is 24.2. The highest BCUT2D eigenvalue weighted by Crippen LogP contribution is 2.34. The highest BCUT2D eigenvalue weighted by molar-refractivity contribution is 7.15. The third kappa shape index (κ3) is 5.10. The zero-order valence-electron chi connectivity index (χ0n) is 18.5. The first kappa shape index (κ1) is 22.4. The number of carbonyl (C=O) groups excluding carboxylic acids is 3. The maximum atomic E-state index is 12.8. The molecule has 0 radical (unpaired) electrons. The van der Waals surface area contributed by atoms with Gasteiger partial charge >= 0.3 is 0 Å². The summed E-state index contributed by atoms with van der Waals surface area (Å²) in [6, 6.07) is 25.0. The number of para-hydroxylation sites is 1. The van der Waals surface area contributed by atoms with Crippen molar-refractivity contribution in [3.05, 3.63) is 101 Å². The van der Waals surface area contributed by atoms with E-state index in [1.54, 1.807) is 53.4 Å². The molecule has 2 N–H and O–H groups in total. The molecule has 1 aromatic heterocycles. The average Bonchev–Trinajstić information content (AvgIpc) is 3.51. The number of aromatic nitrogens is 2. The van der Waals surface area contributed by atoms with Crippen LogP contribution in [0.25, 0.3) is 0 Å². The van der Waals surface area contributed by atoms with Gasteiger partial charge in [-0.25, -0.2) is 0 Å². The van der Waals surface area contributed by atoms with E-state index in [2.05, 4.69) is 20.8 Å². The molecular weight excluding hydrogens is 462 g/mol. The van der Waals surface area contributed by atoms with Crippen molar-refractivity contribution in [1.29, 1.82) is 0 Å². The zero-order valence-corrected chi connectivity index (χ0v) is 19.4. The van der Waals surface area contributed by atoms with Crippen LogP contribution in [-0.4, -0.2) is 34.5 Å². The van der Waals surface area contributed by atoms with E-state index in [4.69, 9.17) is 0 Å². The minimum Gasteiger partial charge on any atom is -0.322 e. The number of amides is 3. The second-order valence-electron chi connectivity index (χ2n) is 8.04. The number of carbonyl (C=O) groups is 3. The van der Waals surface area contributed by atoms with Crippen molar-refractivity contribution >= 4 is 45.6 Å². The number of benzene rings is 3. The number of rotatable bonds is 6. The van der Waals surface area contributed by atoms with Gasteiger partial charge in [-0.3, -0.25) is 19.7 Å². The number of nitrogens with one attached hydrogen (secondary N) is 2. The van der Waals surface area contributed by atoms with Crippen LogP contribution in [0, 0.1) is 0 Å². The van der Waals surface area contributed by atoms with Gasteiger partial charge in [-0.05, 0) is 42.5 Å². The van der Waals surface area contributed by atoms with Gasteiger partial charge in [0.25, 0.3) is 11.8 Å². The van der Waals surface area contributed by atoms with Gasteiger partial charge in [0.1, 0.15) is 5.01 Å². The Hall–Kier alpha value is -4.37. The van der Waals surface area contributed by atoms with Gasteiger partial charge in [0.15, 0.2) is 0 Å². The van der Waals surface area contributed by atoms with Crippen molar-refractivity contribution in [2.24, 2.45) is 0 Å². The quantitative estimate of drug-likeness (QED) is 0.418. The van der Waals surface area contributed by atoms with Gasteiger partial charge in [-0.2, -0.15) is 0 Å². The molecule has 0 bridgehead atoms. The molecule has 1 aliphatic heterocycles. The Bertz CT molecular complexity index is 1370. The first-order chi connectivity index (χ1) is 17.1. The number of anilines is 3. The van der Waals surface area contributed by atoms with E-state index in [0.29, 0.717) is 39.9 Å². The van der Waals surface area contributed by atoms with E-state index in [9.17, 15) is 14.4 Å². The summed E-state index contributed by atoms with van der Waals surface area (Å²) in [5, 5.41) is 14.9. The monoisotopic (exact) mass is 483 g/mol. The van der Waals surface area contributed by atoms with Crippen molar-refractivity contribution in [2.75, 3.05) is 22.1 Å². The van der Waals surface area contributed by atoms with Gasteiger partial charge in [-0.1, -0.05) is 53.8 Å². The molecule has 0 spiro atoms. The van der Waals surface area contributed by atoms with Crippen LogP contribution in [0.15, 0.2) is 84.9 Å². The molecule has 1 saturated heterocycles. The SMILES string of the molecule is O=C(Nc1cccc(C(=O)Nc2nnc(C3CC(=O)N(c4ccccc4)C3)s2)c1)c1ccccc1.